The molecule has 3 aromatic rings. The maximum Gasteiger partial charge on any atom is 0.337 e. The van der Waals surface area contributed by atoms with Gasteiger partial charge in [0.1, 0.15) is 0 Å². The monoisotopic (exact) mass is 454 g/mol. The van der Waals surface area contributed by atoms with Gasteiger partial charge in [0.25, 0.3) is 0 Å². The van der Waals surface area contributed by atoms with Crippen LogP contribution in [0.5, 0.6) is 0 Å². The fourth-order valence-corrected chi connectivity index (χ4v) is 3.91. The Kier molecular flexibility index (Phi) is 6.82. The molecular formula is C23H23ClN4O4. The lowest BCUT2D eigenvalue weighted by atomic mass is 9.97. The number of amides is 1. The van der Waals surface area contributed by atoms with Gasteiger partial charge in [-0.05, 0) is 55.8 Å². The summed E-state index contributed by atoms with van der Waals surface area (Å²) in [5.74, 6) is 0.374. The third-order valence-corrected chi connectivity index (χ3v) is 5.59. The van der Waals surface area contributed by atoms with Gasteiger partial charge >= 0.3 is 5.97 Å². The normalized spacial score (nSPS) is 16.5. The number of nitrogens with one attached hydrogen (secondary N) is 1. The molecule has 0 radical (unpaired) electrons. The quantitative estimate of drug-likeness (QED) is 0.561. The number of methoxy groups -OCH3 is 1. The predicted molar refractivity (Wildman–Crippen MR) is 119 cm³/mol. The summed E-state index contributed by atoms with van der Waals surface area (Å²) in [6, 6.07) is 13.9. The number of hydrogen-bond donors (Lipinski definition) is 1. The first kappa shape index (κ1) is 22.0. The van der Waals surface area contributed by atoms with Crippen LogP contribution in [0.25, 0.3) is 11.4 Å². The Morgan fingerprint density at radius 3 is 2.81 bits per heavy atom. The third kappa shape index (κ3) is 5.33. The molecule has 0 spiro atoms. The van der Waals surface area contributed by atoms with E-state index in [-0.39, 0.29) is 11.8 Å². The summed E-state index contributed by atoms with van der Waals surface area (Å²) in [7, 11) is 1.33. The van der Waals surface area contributed by atoms with Crippen molar-refractivity contribution in [1.82, 2.24) is 15.0 Å². The number of benzene rings is 2. The number of rotatable bonds is 6. The molecule has 0 bridgehead atoms. The Morgan fingerprint density at radius 2 is 2.06 bits per heavy atom. The lowest BCUT2D eigenvalue weighted by Gasteiger charge is -2.30. The van der Waals surface area contributed by atoms with Gasteiger partial charge in [-0.3, -0.25) is 9.69 Å². The number of halogens is 1. The van der Waals surface area contributed by atoms with Crippen LogP contribution in [-0.2, 0) is 16.1 Å². The second-order valence-electron chi connectivity index (χ2n) is 7.65. The smallest absolute Gasteiger partial charge is 0.337 e. The van der Waals surface area contributed by atoms with Crippen LogP contribution in [0.2, 0.25) is 5.02 Å². The molecule has 1 unspecified atom stereocenters. The van der Waals surface area contributed by atoms with Crippen molar-refractivity contribution in [3.63, 3.8) is 0 Å². The van der Waals surface area contributed by atoms with Crippen LogP contribution in [0.3, 0.4) is 0 Å². The number of likely N-dealkylation sites (tertiary alicyclic amines) is 1. The Labute approximate surface area is 190 Å². The molecule has 166 valence electrons. The van der Waals surface area contributed by atoms with Gasteiger partial charge in [0.15, 0.2) is 0 Å². The highest BCUT2D eigenvalue weighted by Gasteiger charge is 2.27. The van der Waals surface area contributed by atoms with E-state index >= 15 is 0 Å². The van der Waals surface area contributed by atoms with E-state index in [9.17, 15) is 9.59 Å². The molecule has 1 amide bonds. The number of aromatic nitrogens is 2. The molecule has 0 saturated carbocycles. The molecule has 1 aromatic heterocycles. The van der Waals surface area contributed by atoms with Gasteiger partial charge in [0.05, 0.1) is 25.1 Å². The van der Waals surface area contributed by atoms with Crippen molar-refractivity contribution in [2.45, 2.75) is 19.4 Å². The third-order valence-electron chi connectivity index (χ3n) is 5.36. The van der Waals surface area contributed by atoms with Gasteiger partial charge in [0.2, 0.25) is 17.6 Å². The maximum atomic E-state index is 12.8. The summed E-state index contributed by atoms with van der Waals surface area (Å²) in [5, 5.41) is 7.58. The van der Waals surface area contributed by atoms with Crippen molar-refractivity contribution in [2.24, 2.45) is 5.92 Å². The van der Waals surface area contributed by atoms with Crippen LogP contribution >= 0.6 is 11.6 Å². The van der Waals surface area contributed by atoms with Crippen LogP contribution in [0.15, 0.2) is 53.1 Å². The zero-order valence-electron chi connectivity index (χ0n) is 17.6. The molecular weight excluding hydrogens is 432 g/mol. The Hall–Kier alpha value is -3.23. The highest BCUT2D eigenvalue weighted by atomic mass is 35.5. The summed E-state index contributed by atoms with van der Waals surface area (Å²) >= 11 is 6.04. The topological polar surface area (TPSA) is 97.6 Å². The minimum Gasteiger partial charge on any atom is -0.465 e. The number of anilines is 1. The molecule has 2 heterocycles. The lowest BCUT2D eigenvalue weighted by molar-refractivity contribution is -0.121. The van der Waals surface area contributed by atoms with E-state index in [4.69, 9.17) is 16.1 Å². The second kappa shape index (κ2) is 9.93. The van der Waals surface area contributed by atoms with Gasteiger partial charge in [-0.15, -0.1) is 0 Å². The van der Waals surface area contributed by atoms with E-state index in [0.717, 1.165) is 24.9 Å². The van der Waals surface area contributed by atoms with Crippen LogP contribution in [-0.4, -0.2) is 47.1 Å². The van der Waals surface area contributed by atoms with Crippen LogP contribution in [0, 0.1) is 5.92 Å². The highest BCUT2D eigenvalue weighted by Crippen LogP contribution is 2.23. The van der Waals surface area contributed by atoms with Gasteiger partial charge < -0.3 is 14.6 Å². The Balaban J connectivity index is 1.34. The molecule has 32 heavy (non-hydrogen) atoms. The lowest BCUT2D eigenvalue weighted by Crippen LogP contribution is -2.40. The van der Waals surface area contributed by atoms with Gasteiger partial charge in [-0.2, -0.15) is 4.98 Å². The van der Waals surface area contributed by atoms with Gasteiger partial charge in [-0.25, -0.2) is 4.79 Å². The Bertz CT molecular complexity index is 1100. The molecule has 1 aliphatic rings. The van der Waals surface area contributed by atoms with E-state index < -0.39 is 5.97 Å². The molecule has 8 nitrogen and oxygen atoms in total. The molecule has 0 aliphatic carbocycles. The first-order valence-corrected chi connectivity index (χ1v) is 10.7. The maximum absolute atomic E-state index is 12.8. The van der Waals surface area contributed by atoms with Crippen molar-refractivity contribution in [3.8, 4) is 11.4 Å². The zero-order valence-corrected chi connectivity index (χ0v) is 18.3. The second-order valence-corrected chi connectivity index (χ2v) is 8.09. The molecule has 1 aliphatic heterocycles. The standard InChI is InChI=1S/C23H23ClN4O4/c1-31-23(30)15-7-9-19(10-8-15)25-22(29)17-5-3-11-28(13-17)14-20-26-21(27-32-20)16-4-2-6-18(24)12-16/h2,4,6-10,12,17H,3,5,11,13-14H2,1H3,(H,25,29). The van der Waals surface area contributed by atoms with E-state index in [2.05, 4.69) is 25.1 Å². The van der Waals surface area contributed by atoms with E-state index in [1.807, 2.05) is 12.1 Å². The predicted octanol–water partition coefficient (Wildman–Crippen LogP) is 4.03. The largest absolute Gasteiger partial charge is 0.465 e. The molecule has 9 heteroatoms. The number of nitrogens with zero attached hydrogens (tertiary/aromatic N) is 3. The number of esters is 1. The summed E-state index contributed by atoms with van der Waals surface area (Å²) in [4.78, 5) is 30.9. The number of carbonyl (C=O) groups is 2. The van der Waals surface area contributed by atoms with E-state index in [1.54, 1.807) is 36.4 Å². The molecule has 1 saturated heterocycles. The highest BCUT2D eigenvalue weighted by molar-refractivity contribution is 6.30. The molecule has 1 fully saturated rings. The average Bonchev–Trinajstić information content (AvgIpc) is 3.28. The van der Waals surface area contributed by atoms with Crippen LogP contribution in [0.1, 0.15) is 29.1 Å². The SMILES string of the molecule is COC(=O)c1ccc(NC(=O)C2CCCN(Cc3nc(-c4cccc(Cl)c4)no3)C2)cc1. The molecule has 1 N–H and O–H groups in total. The summed E-state index contributed by atoms with van der Waals surface area (Å²) in [6.07, 6.45) is 1.70. The first-order chi connectivity index (χ1) is 15.5. The first-order valence-electron chi connectivity index (χ1n) is 10.3. The van der Waals surface area contributed by atoms with Crippen LogP contribution < -0.4 is 5.32 Å². The van der Waals surface area contributed by atoms with E-state index in [0.29, 0.717) is 41.1 Å². The van der Waals surface area contributed by atoms with Gasteiger partial charge in [0, 0.05) is 22.8 Å². The summed E-state index contributed by atoms with van der Waals surface area (Å²) in [5.41, 5.74) is 1.87. The average molecular weight is 455 g/mol. The minimum absolute atomic E-state index is 0.0503. The van der Waals surface area contributed by atoms with Gasteiger partial charge in [-0.1, -0.05) is 28.9 Å². The Morgan fingerprint density at radius 1 is 1.25 bits per heavy atom. The number of piperidine rings is 1. The van der Waals surface area contributed by atoms with Crippen LogP contribution in [0.4, 0.5) is 5.69 Å². The van der Waals surface area contributed by atoms with Crippen molar-refractivity contribution < 1.29 is 18.8 Å². The minimum atomic E-state index is -0.412. The fraction of sp³-hybridized carbons (Fsp3) is 0.304. The van der Waals surface area contributed by atoms with Crippen molar-refractivity contribution in [3.05, 3.63) is 65.0 Å². The number of ether oxygens (including phenoxy) is 1. The molecule has 1 atom stereocenters. The molecule has 2 aromatic carbocycles. The molecule has 4 rings (SSSR count). The fourth-order valence-electron chi connectivity index (χ4n) is 3.72. The van der Waals surface area contributed by atoms with E-state index in [1.165, 1.54) is 7.11 Å². The van der Waals surface area contributed by atoms with Crippen molar-refractivity contribution in [1.29, 1.82) is 0 Å². The number of hydrogen-bond acceptors (Lipinski definition) is 7. The van der Waals surface area contributed by atoms with Crippen molar-refractivity contribution >= 4 is 29.2 Å². The number of carbonyl (C=O) groups excluding carboxylic acids is 2. The summed E-state index contributed by atoms with van der Waals surface area (Å²) < 4.78 is 10.1. The van der Waals surface area contributed by atoms with Crippen molar-refractivity contribution in [2.75, 3.05) is 25.5 Å². The zero-order chi connectivity index (χ0) is 22.5. The summed E-state index contributed by atoms with van der Waals surface area (Å²) in [6.45, 7) is 1.93.